The monoisotopic (exact) mass is 300 g/mol. The number of carbonyl (C=O) groups is 1. The Morgan fingerprint density at radius 2 is 2.19 bits per heavy atom. The fourth-order valence-electron chi connectivity index (χ4n) is 0.988. The number of carbonyl (C=O) groups excluding carboxylic acids is 1. The Labute approximate surface area is 108 Å². The standard InChI is InChI=1S/C11H10BrClN2O/c1-11(2,12)10(16)15-9-5-8(13)4-3-7(9)6-14/h3-5H,1-2H3,(H,15,16). The summed E-state index contributed by atoms with van der Waals surface area (Å²) in [6.45, 7) is 3.44. The first-order valence-electron chi connectivity index (χ1n) is 4.54. The highest BCUT2D eigenvalue weighted by Gasteiger charge is 2.24. The van der Waals surface area contributed by atoms with Crippen LogP contribution in [0.3, 0.4) is 0 Å². The number of hydrogen-bond acceptors (Lipinski definition) is 2. The van der Waals surface area contributed by atoms with Gasteiger partial charge in [0, 0.05) is 5.02 Å². The lowest BCUT2D eigenvalue weighted by atomic mass is 10.1. The lowest BCUT2D eigenvalue weighted by Gasteiger charge is -2.16. The molecule has 0 aliphatic heterocycles. The second-order valence-corrected chi connectivity index (χ2v) is 6.15. The molecule has 0 unspecified atom stereocenters. The van der Waals surface area contributed by atoms with Crippen LogP contribution in [-0.4, -0.2) is 10.2 Å². The van der Waals surface area contributed by atoms with Gasteiger partial charge < -0.3 is 5.32 Å². The van der Waals surface area contributed by atoms with Crippen LogP contribution >= 0.6 is 27.5 Å². The first-order valence-corrected chi connectivity index (χ1v) is 5.71. The van der Waals surface area contributed by atoms with Crippen molar-refractivity contribution in [1.82, 2.24) is 0 Å². The van der Waals surface area contributed by atoms with Crippen LogP contribution in [0.15, 0.2) is 18.2 Å². The van der Waals surface area contributed by atoms with E-state index in [0.29, 0.717) is 16.3 Å². The molecule has 3 nitrogen and oxygen atoms in total. The highest BCUT2D eigenvalue weighted by molar-refractivity contribution is 9.10. The molecule has 16 heavy (non-hydrogen) atoms. The third-order valence-corrected chi connectivity index (χ3v) is 2.49. The zero-order chi connectivity index (χ0) is 12.3. The lowest BCUT2D eigenvalue weighted by molar-refractivity contribution is -0.117. The van der Waals surface area contributed by atoms with E-state index in [1.54, 1.807) is 32.0 Å². The number of nitrogens with one attached hydrogen (secondary N) is 1. The minimum absolute atomic E-state index is 0.230. The van der Waals surface area contributed by atoms with E-state index in [0.717, 1.165) is 0 Å². The van der Waals surface area contributed by atoms with Gasteiger partial charge in [0.2, 0.25) is 5.91 Å². The van der Waals surface area contributed by atoms with Crippen molar-refractivity contribution in [2.24, 2.45) is 0 Å². The van der Waals surface area contributed by atoms with E-state index in [4.69, 9.17) is 16.9 Å². The summed E-state index contributed by atoms with van der Waals surface area (Å²) < 4.78 is -0.692. The quantitative estimate of drug-likeness (QED) is 0.852. The molecule has 0 radical (unpaired) electrons. The van der Waals surface area contributed by atoms with Gasteiger partial charge in [-0.2, -0.15) is 5.26 Å². The minimum atomic E-state index is -0.692. The van der Waals surface area contributed by atoms with E-state index >= 15 is 0 Å². The number of amides is 1. The highest BCUT2D eigenvalue weighted by Crippen LogP contribution is 2.23. The predicted molar refractivity (Wildman–Crippen MR) is 67.8 cm³/mol. The second-order valence-electron chi connectivity index (χ2n) is 3.73. The van der Waals surface area contributed by atoms with Gasteiger partial charge in [-0.15, -0.1) is 0 Å². The van der Waals surface area contributed by atoms with Crippen molar-refractivity contribution >= 4 is 39.1 Å². The molecule has 0 atom stereocenters. The molecule has 0 fully saturated rings. The number of nitrogens with zero attached hydrogens (tertiary/aromatic N) is 1. The highest BCUT2D eigenvalue weighted by atomic mass is 79.9. The van der Waals surface area contributed by atoms with Gasteiger partial charge in [-0.3, -0.25) is 4.79 Å². The topological polar surface area (TPSA) is 52.9 Å². The molecule has 1 amide bonds. The van der Waals surface area contributed by atoms with Crippen molar-refractivity contribution in [2.75, 3.05) is 5.32 Å². The number of hydrogen-bond donors (Lipinski definition) is 1. The first-order chi connectivity index (χ1) is 7.34. The van der Waals surface area contributed by atoms with Crippen molar-refractivity contribution in [1.29, 1.82) is 5.26 Å². The maximum atomic E-state index is 11.7. The predicted octanol–water partition coefficient (Wildman–Crippen LogP) is 3.32. The number of benzene rings is 1. The summed E-state index contributed by atoms with van der Waals surface area (Å²) in [5.41, 5.74) is 0.807. The van der Waals surface area contributed by atoms with E-state index in [1.165, 1.54) is 0 Å². The molecule has 1 aromatic rings. The van der Waals surface area contributed by atoms with Crippen LogP contribution in [0.5, 0.6) is 0 Å². The first kappa shape index (κ1) is 13.0. The SMILES string of the molecule is CC(C)(Br)C(=O)Nc1cc(Cl)ccc1C#N. The van der Waals surface area contributed by atoms with Crippen molar-refractivity contribution in [3.8, 4) is 6.07 Å². The summed E-state index contributed by atoms with van der Waals surface area (Å²) in [7, 11) is 0. The van der Waals surface area contributed by atoms with Gasteiger partial charge in [0.25, 0.3) is 0 Å². The normalized spacial score (nSPS) is 10.7. The van der Waals surface area contributed by atoms with Crippen molar-refractivity contribution in [3.05, 3.63) is 28.8 Å². The maximum absolute atomic E-state index is 11.7. The molecule has 84 valence electrons. The van der Waals surface area contributed by atoms with Gasteiger partial charge in [-0.1, -0.05) is 27.5 Å². The summed E-state index contributed by atoms with van der Waals surface area (Å²) in [5, 5.41) is 12.0. The molecular formula is C11H10BrClN2O. The average molecular weight is 302 g/mol. The number of nitriles is 1. The Kier molecular flexibility index (Phi) is 3.95. The van der Waals surface area contributed by atoms with Crippen LogP contribution in [0.1, 0.15) is 19.4 Å². The summed E-state index contributed by atoms with van der Waals surface area (Å²) in [4.78, 5) is 11.7. The fraction of sp³-hybridized carbons (Fsp3) is 0.273. The van der Waals surface area contributed by atoms with Crippen LogP contribution in [0.2, 0.25) is 5.02 Å². The zero-order valence-corrected chi connectivity index (χ0v) is 11.2. The number of alkyl halides is 1. The van der Waals surface area contributed by atoms with E-state index in [2.05, 4.69) is 21.2 Å². The van der Waals surface area contributed by atoms with Crippen molar-refractivity contribution in [3.63, 3.8) is 0 Å². The largest absolute Gasteiger partial charge is 0.324 e. The van der Waals surface area contributed by atoms with Crippen LogP contribution in [0.4, 0.5) is 5.69 Å². The molecule has 0 spiro atoms. The smallest absolute Gasteiger partial charge is 0.240 e. The molecule has 0 heterocycles. The summed E-state index contributed by atoms with van der Waals surface area (Å²) >= 11 is 9.04. The third kappa shape index (κ3) is 3.22. The Morgan fingerprint density at radius 3 is 2.69 bits per heavy atom. The molecule has 1 rings (SSSR count). The molecule has 0 aliphatic rings. The van der Waals surface area contributed by atoms with Gasteiger partial charge in [0.1, 0.15) is 6.07 Å². The fourth-order valence-corrected chi connectivity index (χ4v) is 1.26. The third-order valence-electron chi connectivity index (χ3n) is 1.89. The maximum Gasteiger partial charge on any atom is 0.240 e. The van der Waals surface area contributed by atoms with Gasteiger partial charge in [-0.25, -0.2) is 0 Å². The van der Waals surface area contributed by atoms with Crippen LogP contribution in [-0.2, 0) is 4.79 Å². The van der Waals surface area contributed by atoms with Gasteiger partial charge >= 0.3 is 0 Å². The minimum Gasteiger partial charge on any atom is -0.324 e. The van der Waals surface area contributed by atoms with Crippen LogP contribution in [0.25, 0.3) is 0 Å². The van der Waals surface area contributed by atoms with Gasteiger partial charge in [-0.05, 0) is 32.0 Å². The molecule has 0 aromatic heterocycles. The summed E-state index contributed by atoms with van der Waals surface area (Å²) in [6.07, 6.45) is 0. The van der Waals surface area contributed by atoms with Crippen LogP contribution < -0.4 is 5.32 Å². The van der Waals surface area contributed by atoms with E-state index in [1.807, 2.05) is 6.07 Å². The number of anilines is 1. The zero-order valence-electron chi connectivity index (χ0n) is 8.84. The Morgan fingerprint density at radius 1 is 1.56 bits per heavy atom. The Balaban J connectivity index is 3.02. The molecule has 1 aromatic carbocycles. The number of rotatable bonds is 2. The molecular weight excluding hydrogens is 291 g/mol. The molecule has 0 saturated carbocycles. The molecule has 0 bridgehead atoms. The Bertz CT molecular complexity index is 460. The summed E-state index contributed by atoms with van der Waals surface area (Å²) in [5.74, 6) is -0.230. The average Bonchev–Trinajstić information content (AvgIpc) is 2.16. The summed E-state index contributed by atoms with van der Waals surface area (Å²) in [6, 6.07) is 6.72. The van der Waals surface area contributed by atoms with Gasteiger partial charge in [0.15, 0.2) is 0 Å². The van der Waals surface area contributed by atoms with Gasteiger partial charge in [0.05, 0.1) is 15.6 Å². The van der Waals surface area contributed by atoms with Crippen molar-refractivity contribution in [2.45, 2.75) is 18.2 Å². The molecule has 0 aliphatic carbocycles. The van der Waals surface area contributed by atoms with Crippen LogP contribution in [0, 0.1) is 11.3 Å². The molecule has 5 heteroatoms. The van der Waals surface area contributed by atoms with Crippen molar-refractivity contribution < 1.29 is 4.79 Å². The Hall–Kier alpha value is -1.05. The number of halogens is 2. The molecule has 0 saturated heterocycles. The lowest BCUT2D eigenvalue weighted by Crippen LogP contribution is -2.31. The van der Waals surface area contributed by atoms with E-state index in [9.17, 15) is 4.79 Å². The molecule has 1 N–H and O–H groups in total. The van der Waals surface area contributed by atoms with E-state index in [-0.39, 0.29) is 5.91 Å². The second kappa shape index (κ2) is 4.86. The van der Waals surface area contributed by atoms with E-state index < -0.39 is 4.32 Å².